The molecule has 0 bridgehead atoms. The lowest BCUT2D eigenvalue weighted by molar-refractivity contribution is 0.0920. The van der Waals surface area contributed by atoms with Gasteiger partial charge in [0.25, 0.3) is 11.8 Å². The lowest BCUT2D eigenvalue weighted by Gasteiger charge is -2.21. The number of para-hydroxylation sites is 1. The smallest absolute Gasteiger partial charge is 0.275 e. The molecule has 2 amide bonds. The van der Waals surface area contributed by atoms with E-state index in [1.807, 2.05) is 27.7 Å². The Balaban J connectivity index is 1.84. The van der Waals surface area contributed by atoms with Crippen LogP contribution in [0.2, 0.25) is 0 Å². The van der Waals surface area contributed by atoms with Crippen molar-refractivity contribution in [3.05, 3.63) is 58.8 Å². The number of benzene rings is 1. The van der Waals surface area contributed by atoms with Gasteiger partial charge in [-0.15, -0.1) is 11.3 Å². The first-order chi connectivity index (χ1) is 12.7. The molecule has 0 aliphatic rings. The highest BCUT2D eigenvalue weighted by Crippen LogP contribution is 2.28. The van der Waals surface area contributed by atoms with Crippen LogP contribution in [0.4, 0.5) is 5.69 Å². The third-order valence-electron chi connectivity index (χ3n) is 3.65. The molecule has 140 valence electrons. The number of amides is 2. The molecular formula is C20H21N3O3S. The van der Waals surface area contributed by atoms with Gasteiger partial charge in [-0.3, -0.25) is 9.59 Å². The molecule has 2 aromatic heterocycles. The molecule has 6 nitrogen and oxygen atoms in total. The standard InChI is InChI=1S/C20H21N3O3S/c1-12-16(22-19(27-12)15-10-7-11-26-15)18(25)21-14-9-6-5-8-13(14)17(24)23-20(2,3)4/h5-11H,1-4H3,(H,21,25)(H,23,24). The molecule has 0 saturated heterocycles. The Morgan fingerprint density at radius 2 is 1.81 bits per heavy atom. The molecule has 2 N–H and O–H groups in total. The molecule has 0 spiro atoms. The molecule has 0 saturated carbocycles. The van der Waals surface area contributed by atoms with Gasteiger partial charge >= 0.3 is 0 Å². The van der Waals surface area contributed by atoms with Gasteiger partial charge in [-0.2, -0.15) is 0 Å². The number of hydrogen-bond acceptors (Lipinski definition) is 5. The van der Waals surface area contributed by atoms with E-state index in [9.17, 15) is 9.59 Å². The Bertz CT molecular complexity index is 969. The van der Waals surface area contributed by atoms with Gasteiger partial charge in [0, 0.05) is 10.4 Å². The highest BCUT2D eigenvalue weighted by atomic mass is 32.1. The Hall–Kier alpha value is -2.93. The van der Waals surface area contributed by atoms with Crippen LogP contribution in [0.5, 0.6) is 0 Å². The Morgan fingerprint density at radius 1 is 1.07 bits per heavy atom. The van der Waals surface area contributed by atoms with Crippen molar-refractivity contribution >= 4 is 28.8 Å². The maximum atomic E-state index is 12.7. The highest BCUT2D eigenvalue weighted by Gasteiger charge is 2.21. The summed E-state index contributed by atoms with van der Waals surface area (Å²) >= 11 is 1.38. The van der Waals surface area contributed by atoms with Crippen LogP contribution < -0.4 is 10.6 Å². The van der Waals surface area contributed by atoms with Crippen molar-refractivity contribution in [3.63, 3.8) is 0 Å². The zero-order valence-corrected chi connectivity index (χ0v) is 16.4. The quantitative estimate of drug-likeness (QED) is 0.695. The zero-order chi connectivity index (χ0) is 19.6. The summed E-state index contributed by atoms with van der Waals surface area (Å²) in [5.74, 6) is 0.00865. The van der Waals surface area contributed by atoms with Crippen molar-refractivity contribution in [2.45, 2.75) is 33.2 Å². The van der Waals surface area contributed by atoms with Crippen molar-refractivity contribution in [1.82, 2.24) is 10.3 Å². The fraction of sp³-hybridized carbons (Fsp3) is 0.250. The molecule has 3 rings (SSSR count). The first-order valence-electron chi connectivity index (χ1n) is 8.49. The second kappa shape index (κ2) is 7.36. The van der Waals surface area contributed by atoms with Crippen LogP contribution in [0.15, 0.2) is 47.1 Å². The molecule has 27 heavy (non-hydrogen) atoms. The molecular weight excluding hydrogens is 362 g/mol. The van der Waals surface area contributed by atoms with Crippen molar-refractivity contribution in [2.75, 3.05) is 5.32 Å². The number of hydrogen-bond donors (Lipinski definition) is 2. The van der Waals surface area contributed by atoms with E-state index in [4.69, 9.17) is 4.42 Å². The van der Waals surface area contributed by atoms with E-state index in [1.165, 1.54) is 11.3 Å². The first-order valence-corrected chi connectivity index (χ1v) is 9.30. The third kappa shape index (κ3) is 4.43. The minimum atomic E-state index is -0.377. The fourth-order valence-corrected chi connectivity index (χ4v) is 3.37. The summed E-state index contributed by atoms with van der Waals surface area (Å²) in [6.07, 6.45) is 1.57. The van der Waals surface area contributed by atoms with E-state index >= 15 is 0 Å². The normalized spacial score (nSPS) is 11.3. The van der Waals surface area contributed by atoms with E-state index in [-0.39, 0.29) is 17.4 Å². The zero-order valence-electron chi connectivity index (χ0n) is 15.6. The first kappa shape index (κ1) is 18.8. The van der Waals surface area contributed by atoms with Gasteiger partial charge in [-0.25, -0.2) is 4.98 Å². The maximum absolute atomic E-state index is 12.7. The van der Waals surface area contributed by atoms with Gasteiger partial charge in [0.15, 0.2) is 10.8 Å². The SMILES string of the molecule is Cc1sc(-c2ccco2)nc1C(=O)Nc1ccccc1C(=O)NC(C)(C)C. The second-order valence-corrected chi connectivity index (χ2v) is 8.31. The van der Waals surface area contributed by atoms with Gasteiger partial charge in [0.2, 0.25) is 0 Å². The number of rotatable bonds is 4. The van der Waals surface area contributed by atoms with Gasteiger partial charge < -0.3 is 15.1 Å². The third-order valence-corrected chi connectivity index (χ3v) is 4.64. The monoisotopic (exact) mass is 383 g/mol. The molecule has 2 heterocycles. The number of carbonyl (C=O) groups is 2. The molecule has 3 aromatic rings. The molecule has 0 aliphatic heterocycles. The molecule has 0 aliphatic carbocycles. The van der Waals surface area contributed by atoms with E-state index in [0.717, 1.165) is 4.88 Å². The second-order valence-electron chi connectivity index (χ2n) is 7.10. The van der Waals surface area contributed by atoms with Crippen LogP contribution in [0.3, 0.4) is 0 Å². The van der Waals surface area contributed by atoms with E-state index in [2.05, 4.69) is 15.6 Å². The van der Waals surface area contributed by atoms with Crippen molar-refractivity contribution in [3.8, 4) is 10.8 Å². The van der Waals surface area contributed by atoms with Crippen molar-refractivity contribution in [1.29, 1.82) is 0 Å². The summed E-state index contributed by atoms with van der Waals surface area (Å²) < 4.78 is 5.35. The minimum absolute atomic E-state index is 0.246. The van der Waals surface area contributed by atoms with E-state index in [0.29, 0.717) is 27.7 Å². The Labute approximate surface area is 161 Å². The van der Waals surface area contributed by atoms with Crippen LogP contribution in [-0.4, -0.2) is 22.3 Å². The fourth-order valence-electron chi connectivity index (χ4n) is 2.49. The molecule has 1 aromatic carbocycles. The van der Waals surface area contributed by atoms with Crippen LogP contribution in [-0.2, 0) is 0 Å². The van der Waals surface area contributed by atoms with Crippen LogP contribution in [0, 0.1) is 6.92 Å². The number of carbonyl (C=O) groups excluding carboxylic acids is 2. The number of nitrogens with zero attached hydrogens (tertiary/aromatic N) is 1. The Morgan fingerprint density at radius 3 is 2.48 bits per heavy atom. The highest BCUT2D eigenvalue weighted by molar-refractivity contribution is 7.15. The van der Waals surface area contributed by atoms with Gasteiger partial charge in [-0.05, 0) is 52.0 Å². The summed E-state index contributed by atoms with van der Waals surface area (Å²) in [6, 6.07) is 10.5. The maximum Gasteiger partial charge on any atom is 0.275 e. The van der Waals surface area contributed by atoms with Crippen LogP contribution >= 0.6 is 11.3 Å². The topological polar surface area (TPSA) is 84.2 Å². The van der Waals surface area contributed by atoms with Crippen molar-refractivity contribution in [2.24, 2.45) is 0 Å². The molecule has 0 radical (unpaired) electrons. The molecule has 0 unspecified atom stereocenters. The summed E-state index contributed by atoms with van der Waals surface area (Å²) in [7, 11) is 0. The number of thiazole rings is 1. The van der Waals surface area contributed by atoms with E-state index in [1.54, 1.807) is 42.7 Å². The number of aromatic nitrogens is 1. The molecule has 0 atom stereocenters. The summed E-state index contributed by atoms with van der Waals surface area (Å²) in [4.78, 5) is 30.5. The van der Waals surface area contributed by atoms with Crippen LogP contribution in [0.1, 0.15) is 46.5 Å². The average molecular weight is 383 g/mol. The number of aryl methyl sites for hydroxylation is 1. The lowest BCUT2D eigenvalue weighted by atomic mass is 10.1. The summed E-state index contributed by atoms with van der Waals surface area (Å²) in [5, 5.41) is 6.35. The molecule has 7 heteroatoms. The summed E-state index contributed by atoms with van der Waals surface area (Å²) in [5.41, 5.74) is 0.783. The largest absolute Gasteiger partial charge is 0.462 e. The predicted molar refractivity (Wildman–Crippen MR) is 106 cm³/mol. The lowest BCUT2D eigenvalue weighted by Crippen LogP contribution is -2.40. The Kier molecular flexibility index (Phi) is 5.14. The number of furan rings is 1. The van der Waals surface area contributed by atoms with E-state index < -0.39 is 0 Å². The number of anilines is 1. The van der Waals surface area contributed by atoms with Crippen LogP contribution in [0.25, 0.3) is 10.8 Å². The van der Waals surface area contributed by atoms with Crippen molar-refractivity contribution < 1.29 is 14.0 Å². The number of nitrogens with one attached hydrogen (secondary N) is 2. The minimum Gasteiger partial charge on any atom is -0.462 e. The molecule has 0 fully saturated rings. The predicted octanol–water partition coefficient (Wildman–Crippen LogP) is 4.49. The average Bonchev–Trinajstić information content (AvgIpc) is 3.23. The van der Waals surface area contributed by atoms with Gasteiger partial charge in [0.05, 0.1) is 17.5 Å². The van der Waals surface area contributed by atoms with Gasteiger partial charge in [-0.1, -0.05) is 12.1 Å². The van der Waals surface area contributed by atoms with Gasteiger partial charge in [0.1, 0.15) is 5.69 Å². The summed E-state index contributed by atoms with van der Waals surface area (Å²) in [6.45, 7) is 7.54.